The van der Waals surface area contributed by atoms with Gasteiger partial charge in [0.05, 0.1) is 6.42 Å². The van der Waals surface area contributed by atoms with E-state index in [1.54, 1.807) is 11.9 Å². The Labute approximate surface area is 89.6 Å². The summed E-state index contributed by atoms with van der Waals surface area (Å²) < 4.78 is 35.8. The van der Waals surface area contributed by atoms with Crippen molar-refractivity contribution in [2.24, 2.45) is 5.73 Å². The molecular formula is C10H21F3N2. The van der Waals surface area contributed by atoms with Gasteiger partial charge < -0.3 is 10.6 Å². The summed E-state index contributed by atoms with van der Waals surface area (Å²) in [5, 5.41) is 0. The Morgan fingerprint density at radius 1 is 1.20 bits per heavy atom. The molecule has 0 aromatic heterocycles. The number of likely N-dealkylation sites (N-methyl/N-ethyl adjacent to an activating group) is 1. The predicted molar refractivity (Wildman–Crippen MR) is 55.7 cm³/mol. The monoisotopic (exact) mass is 226 g/mol. The molecule has 0 fully saturated rings. The summed E-state index contributed by atoms with van der Waals surface area (Å²) in [5.74, 6) is 0. The van der Waals surface area contributed by atoms with Crippen LogP contribution in [0.4, 0.5) is 13.2 Å². The van der Waals surface area contributed by atoms with Crippen LogP contribution < -0.4 is 5.73 Å². The van der Waals surface area contributed by atoms with Crippen molar-refractivity contribution >= 4 is 0 Å². The number of rotatable bonds is 6. The molecule has 5 heteroatoms. The Morgan fingerprint density at radius 3 is 2.13 bits per heavy atom. The van der Waals surface area contributed by atoms with Crippen LogP contribution >= 0.6 is 0 Å². The molecule has 0 saturated carbocycles. The smallest absolute Gasteiger partial charge is 0.324 e. The van der Waals surface area contributed by atoms with Crippen LogP contribution in [0.1, 0.15) is 33.1 Å². The van der Waals surface area contributed by atoms with Crippen LogP contribution in [0.5, 0.6) is 0 Å². The maximum absolute atomic E-state index is 11.9. The molecule has 1 unspecified atom stereocenters. The van der Waals surface area contributed by atoms with Crippen LogP contribution in [0.25, 0.3) is 0 Å². The Kier molecular flexibility index (Phi) is 5.59. The molecule has 0 aromatic rings. The second-order valence-electron chi connectivity index (χ2n) is 4.51. The zero-order chi connectivity index (χ0) is 12.1. The SMILES string of the molecule is CCCC(C)(N)CN(C)CCC(F)(F)F. The van der Waals surface area contributed by atoms with Gasteiger partial charge in [-0.2, -0.15) is 13.2 Å². The van der Waals surface area contributed by atoms with Crippen LogP contribution in [0.15, 0.2) is 0 Å². The van der Waals surface area contributed by atoms with Gasteiger partial charge in [0, 0.05) is 18.6 Å². The fourth-order valence-electron chi connectivity index (χ4n) is 1.66. The summed E-state index contributed by atoms with van der Waals surface area (Å²) in [4.78, 5) is 1.64. The third kappa shape index (κ3) is 8.69. The average molecular weight is 226 g/mol. The van der Waals surface area contributed by atoms with E-state index in [-0.39, 0.29) is 6.54 Å². The van der Waals surface area contributed by atoms with Crippen LogP contribution in [0.3, 0.4) is 0 Å². The quantitative estimate of drug-likeness (QED) is 0.753. The van der Waals surface area contributed by atoms with E-state index < -0.39 is 18.1 Å². The molecule has 0 rings (SSSR count). The molecule has 0 aliphatic rings. The standard InChI is InChI=1S/C10H21F3N2/c1-4-5-9(2,14)8-15(3)7-6-10(11,12)13/h4-8,14H2,1-3H3. The minimum Gasteiger partial charge on any atom is -0.324 e. The number of hydrogen-bond acceptors (Lipinski definition) is 2. The first-order valence-electron chi connectivity index (χ1n) is 5.20. The van der Waals surface area contributed by atoms with Gasteiger partial charge in [0.15, 0.2) is 0 Å². The number of hydrogen-bond donors (Lipinski definition) is 1. The van der Waals surface area contributed by atoms with E-state index in [1.165, 1.54) is 0 Å². The molecule has 1 atom stereocenters. The van der Waals surface area contributed by atoms with E-state index in [9.17, 15) is 13.2 Å². The fraction of sp³-hybridized carbons (Fsp3) is 1.00. The minimum absolute atomic E-state index is 0.0139. The molecule has 0 aliphatic carbocycles. The highest BCUT2D eigenvalue weighted by atomic mass is 19.4. The van der Waals surface area contributed by atoms with Gasteiger partial charge >= 0.3 is 6.18 Å². The van der Waals surface area contributed by atoms with E-state index >= 15 is 0 Å². The van der Waals surface area contributed by atoms with Crippen molar-refractivity contribution in [2.75, 3.05) is 20.1 Å². The predicted octanol–water partition coefficient (Wildman–Crippen LogP) is 2.39. The van der Waals surface area contributed by atoms with Gasteiger partial charge in [0.25, 0.3) is 0 Å². The van der Waals surface area contributed by atoms with Gasteiger partial charge in [-0.1, -0.05) is 13.3 Å². The van der Waals surface area contributed by atoms with Crippen molar-refractivity contribution in [1.29, 1.82) is 0 Å². The number of nitrogens with zero attached hydrogens (tertiary/aromatic N) is 1. The topological polar surface area (TPSA) is 29.3 Å². The Hall–Kier alpha value is -0.290. The Morgan fingerprint density at radius 2 is 1.73 bits per heavy atom. The Bertz CT molecular complexity index is 178. The summed E-state index contributed by atoms with van der Waals surface area (Å²) in [5.41, 5.74) is 5.55. The first-order valence-corrected chi connectivity index (χ1v) is 5.20. The Balaban J connectivity index is 3.87. The van der Waals surface area contributed by atoms with E-state index in [0.29, 0.717) is 6.54 Å². The highest BCUT2D eigenvalue weighted by Crippen LogP contribution is 2.20. The summed E-state index contributed by atoms with van der Waals surface area (Å²) in [6, 6.07) is 0. The highest BCUT2D eigenvalue weighted by Gasteiger charge is 2.28. The van der Waals surface area contributed by atoms with Gasteiger partial charge in [-0.15, -0.1) is 0 Å². The number of halogens is 3. The second kappa shape index (κ2) is 5.70. The molecule has 15 heavy (non-hydrogen) atoms. The lowest BCUT2D eigenvalue weighted by atomic mass is 9.97. The average Bonchev–Trinajstić information content (AvgIpc) is 1.98. The van der Waals surface area contributed by atoms with E-state index in [4.69, 9.17) is 5.73 Å². The summed E-state index contributed by atoms with van der Waals surface area (Å²) in [6.45, 7) is 4.40. The van der Waals surface area contributed by atoms with Crippen molar-refractivity contribution in [1.82, 2.24) is 4.90 Å². The molecule has 0 amide bonds. The van der Waals surface area contributed by atoms with Gasteiger partial charge in [-0.25, -0.2) is 0 Å². The van der Waals surface area contributed by atoms with E-state index in [2.05, 4.69) is 0 Å². The summed E-state index contributed by atoms with van der Waals surface area (Å²) in [6.07, 6.45) is -3.08. The zero-order valence-corrected chi connectivity index (χ0v) is 9.69. The van der Waals surface area contributed by atoms with Gasteiger partial charge in [-0.05, 0) is 20.4 Å². The molecule has 0 spiro atoms. The fourth-order valence-corrected chi connectivity index (χ4v) is 1.66. The van der Waals surface area contributed by atoms with Crippen molar-refractivity contribution in [2.45, 2.75) is 44.8 Å². The summed E-state index contributed by atoms with van der Waals surface area (Å²) >= 11 is 0. The lowest BCUT2D eigenvalue weighted by Gasteiger charge is -2.30. The molecule has 0 bridgehead atoms. The third-order valence-electron chi connectivity index (χ3n) is 2.23. The van der Waals surface area contributed by atoms with Crippen molar-refractivity contribution in [3.05, 3.63) is 0 Å². The third-order valence-corrected chi connectivity index (χ3v) is 2.23. The molecule has 0 heterocycles. The second-order valence-corrected chi connectivity index (χ2v) is 4.51. The lowest BCUT2D eigenvalue weighted by Crippen LogP contribution is -2.47. The van der Waals surface area contributed by atoms with Crippen molar-refractivity contribution in [3.8, 4) is 0 Å². The molecular weight excluding hydrogens is 205 g/mol. The highest BCUT2D eigenvalue weighted by molar-refractivity contribution is 4.81. The minimum atomic E-state index is -4.08. The molecule has 92 valence electrons. The molecule has 0 aliphatic heterocycles. The molecule has 0 aromatic carbocycles. The molecule has 0 radical (unpaired) electrons. The van der Waals surface area contributed by atoms with Crippen LogP contribution in [0, 0.1) is 0 Å². The largest absolute Gasteiger partial charge is 0.390 e. The van der Waals surface area contributed by atoms with Crippen molar-refractivity contribution < 1.29 is 13.2 Å². The van der Waals surface area contributed by atoms with E-state index in [1.807, 2.05) is 13.8 Å². The molecule has 0 saturated heterocycles. The summed E-state index contributed by atoms with van der Waals surface area (Å²) in [7, 11) is 1.67. The maximum Gasteiger partial charge on any atom is 0.390 e. The first-order chi connectivity index (χ1) is 6.66. The number of alkyl halides is 3. The van der Waals surface area contributed by atoms with Crippen LogP contribution in [0.2, 0.25) is 0 Å². The lowest BCUT2D eigenvalue weighted by molar-refractivity contribution is -0.137. The maximum atomic E-state index is 11.9. The first kappa shape index (κ1) is 14.7. The normalized spacial score (nSPS) is 16.8. The van der Waals surface area contributed by atoms with Gasteiger partial charge in [0.2, 0.25) is 0 Å². The van der Waals surface area contributed by atoms with Gasteiger partial charge in [0.1, 0.15) is 0 Å². The molecule has 2 nitrogen and oxygen atoms in total. The van der Waals surface area contributed by atoms with Crippen molar-refractivity contribution in [3.63, 3.8) is 0 Å². The zero-order valence-electron chi connectivity index (χ0n) is 9.69. The van der Waals surface area contributed by atoms with Crippen LogP contribution in [-0.2, 0) is 0 Å². The molecule has 2 N–H and O–H groups in total. The van der Waals surface area contributed by atoms with E-state index in [0.717, 1.165) is 12.8 Å². The van der Waals surface area contributed by atoms with Crippen LogP contribution in [-0.4, -0.2) is 36.8 Å². The number of nitrogens with two attached hydrogens (primary N) is 1. The van der Waals surface area contributed by atoms with Gasteiger partial charge in [-0.3, -0.25) is 0 Å².